The Hall–Kier alpha value is -1.30. The smallest absolute Gasteiger partial charge is 0.181 e. The van der Waals surface area contributed by atoms with Crippen LogP contribution in [0.25, 0.3) is 0 Å². The minimum atomic E-state index is -0.318. The first-order valence-corrected chi connectivity index (χ1v) is 10.3. The van der Waals surface area contributed by atoms with E-state index in [1.807, 2.05) is 0 Å². The van der Waals surface area contributed by atoms with Crippen molar-refractivity contribution in [1.82, 2.24) is 4.90 Å². The number of rotatable bonds is 3. The third kappa shape index (κ3) is 2.72. The Bertz CT molecular complexity index is 670. The molecule has 1 heterocycles. The molecule has 1 aliphatic heterocycles. The van der Waals surface area contributed by atoms with E-state index in [2.05, 4.69) is 33.7 Å². The second-order valence-electron chi connectivity index (χ2n) is 9.20. The van der Waals surface area contributed by atoms with Gasteiger partial charge in [0, 0.05) is 50.0 Å². The lowest BCUT2D eigenvalue weighted by Crippen LogP contribution is -2.64. The summed E-state index contributed by atoms with van der Waals surface area (Å²) in [5.41, 5.74) is 5.90. The maximum absolute atomic E-state index is 10.8. The van der Waals surface area contributed by atoms with Gasteiger partial charge in [-0.25, -0.2) is 0 Å². The highest BCUT2D eigenvalue weighted by Gasteiger charge is 2.56. The SMILES string of the molecule is COc1cc(N2CCN(C3C4CC5CC3CC(O)(C5)C4)CC2)ccc1[NH3+]. The number of nitrogens with zero attached hydrogens (tertiary/aromatic N) is 2. The normalized spacial score (nSPS) is 39.4. The van der Waals surface area contributed by atoms with Crippen molar-refractivity contribution in [3.8, 4) is 5.75 Å². The average Bonchev–Trinajstić information content (AvgIpc) is 2.61. The molecule has 5 aliphatic rings. The van der Waals surface area contributed by atoms with Crippen molar-refractivity contribution >= 4 is 11.4 Å². The zero-order valence-corrected chi connectivity index (χ0v) is 15.9. The molecule has 5 fully saturated rings. The second kappa shape index (κ2) is 6.11. The summed E-state index contributed by atoms with van der Waals surface area (Å²) in [5.74, 6) is 3.12. The summed E-state index contributed by atoms with van der Waals surface area (Å²) in [6.07, 6.45) is 5.88. The van der Waals surface area contributed by atoms with E-state index in [4.69, 9.17) is 4.74 Å². The largest absolute Gasteiger partial charge is 0.491 e. The Kier molecular flexibility index (Phi) is 3.96. The van der Waals surface area contributed by atoms with Crippen LogP contribution in [0.15, 0.2) is 18.2 Å². The molecule has 4 aliphatic carbocycles. The first kappa shape index (κ1) is 16.8. The van der Waals surface area contributed by atoms with Gasteiger partial charge in [0.05, 0.1) is 12.7 Å². The Morgan fingerprint density at radius 2 is 1.77 bits per heavy atom. The number of piperazine rings is 1. The molecule has 1 aromatic carbocycles. The van der Waals surface area contributed by atoms with Crippen molar-refractivity contribution in [3.05, 3.63) is 18.2 Å². The third-order valence-electron chi connectivity index (χ3n) is 7.56. The summed E-state index contributed by atoms with van der Waals surface area (Å²) >= 11 is 0. The van der Waals surface area contributed by atoms with Crippen LogP contribution in [-0.2, 0) is 0 Å². The Morgan fingerprint density at radius 3 is 2.38 bits per heavy atom. The fourth-order valence-electron chi connectivity index (χ4n) is 6.76. The average molecular weight is 359 g/mol. The van der Waals surface area contributed by atoms with Crippen LogP contribution < -0.4 is 15.4 Å². The molecule has 4 N–H and O–H groups in total. The van der Waals surface area contributed by atoms with Crippen molar-refractivity contribution in [2.45, 2.75) is 43.7 Å². The second-order valence-corrected chi connectivity index (χ2v) is 9.20. The number of anilines is 1. The zero-order chi connectivity index (χ0) is 17.9. The predicted octanol–water partition coefficient (Wildman–Crippen LogP) is 1.63. The van der Waals surface area contributed by atoms with Gasteiger partial charge in [0.25, 0.3) is 0 Å². The standard InChI is InChI=1S/C21H31N3O2/c1-26-19-10-17(2-3-18(19)22)23-4-6-24(7-5-23)20-15-8-14-9-16(20)13-21(25,11-14)12-15/h2-3,10,14-16,20,25H,4-9,11-13,22H2,1H3/p+1. The molecular weight excluding hydrogens is 326 g/mol. The maximum Gasteiger partial charge on any atom is 0.181 e. The van der Waals surface area contributed by atoms with Crippen LogP contribution in [-0.4, -0.2) is 54.9 Å². The predicted molar refractivity (Wildman–Crippen MR) is 102 cm³/mol. The molecule has 0 radical (unpaired) electrons. The summed E-state index contributed by atoms with van der Waals surface area (Å²) < 4.78 is 5.44. The third-order valence-corrected chi connectivity index (χ3v) is 7.56. The van der Waals surface area contributed by atoms with Gasteiger partial charge < -0.3 is 20.5 Å². The van der Waals surface area contributed by atoms with E-state index in [1.54, 1.807) is 7.11 Å². The molecule has 0 amide bonds. The highest BCUT2D eigenvalue weighted by atomic mass is 16.5. The summed E-state index contributed by atoms with van der Waals surface area (Å²) in [4.78, 5) is 5.22. The molecule has 4 bridgehead atoms. The van der Waals surface area contributed by atoms with Gasteiger partial charge in [-0.05, 0) is 55.9 Å². The summed E-state index contributed by atoms with van der Waals surface area (Å²) in [6, 6.07) is 7.06. The van der Waals surface area contributed by atoms with Crippen LogP contribution >= 0.6 is 0 Å². The van der Waals surface area contributed by atoms with Crippen molar-refractivity contribution in [2.24, 2.45) is 17.8 Å². The highest BCUT2D eigenvalue weighted by molar-refractivity contribution is 5.58. The van der Waals surface area contributed by atoms with Gasteiger partial charge in [0.15, 0.2) is 11.4 Å². The van der Waals surface area contributed by atoms with E-state index >= 15 is 0 Å². The topological polar surface area (TPSA) is 63.6 Å². The van der Waals surface area contributed by atoms with Crippen molar-refractivity contribution < 1.29 is 15.6 Å². The first-order chi connectivity index (χ1) is 12.5. The minimum absolute atomic E-state index is 0.318. The van der Waals surface area contributed by atoms with Crippen molar-refractivity contribution in [1.29, 1.82) is 0 Å². The van der Waals surface area contributed by atoms with E-state index in [0.29, 0.717) is 6.04 Å². The highest BCUT2D eigenvalue weighted by Crippen LogP contribution is 2.57. The fraction of sp³-hybridized carbons (Fsp3) is 0.714. The maximum atomic E-state index is 10.8. The summed E-state index contributed by atoms with van der Waals surface area (Å²) in [6.45, 7) is 4.41. The molecule has 0 spiro atoms. The van der Waals surface area contributed by atoms with E-state index in [0.717, 1.165) is 74.6 Å². The van der Waals surface area contributed by atoms with Gasteiger partial charge in [-0.1, -0.05) is 0 Å². The van der Waals surface area contributed by atoms with Gasteiger partial charge in [0.2, 0.25) is 0 Å². The van der Waals surface area contributed by atoms with Gasteiger partial charge in [-0.2, -0.15) is 0 Å². The van der Waals surface area contributed by atoms with Crippen LogP contribution in [0.4, 0.5) is 11.4 Å². The van der Waals surface area contributed by atoms with Gasteiger partial charge in [-0.15, -0.1) is 0 Å². The molecule has 5 nitrogen and oxygen atoms in total. The number of quaternary nitrogens is 1. The molecule has 142 valence electrons. The summed E-state index contributed by atoms with van der Waals surface area (Å²) in [5, 5.41) is 10.8. The minimum Gasteiger partial charge on any atom is -0.491 e. The number of benzene rings is 1. The number of hydrogen-bond acceptors (Lipinski definition) is 4. The lowest BCUT2D eigenvalue weighted by atomic mass is 9.52. The fourth-order valence-corrected chi connectivity index (χ4v) is 6.76. The number of ether oxygens (including phenoxy) is 1. The zero-order valence-electron chi connectivity index (χ0n) is 15.9. The molecule has 2 atom stereocenters. The van der Waals surface area contributed by atoms with Crippen LogP contribution in [0, 0.1) is 17.8 Å². The van der Waals surface area contributed by atoms with E-state index in [9.17, 15) is 5.11 Å². The molecule has 0 aromatic heterocycles. The molecule has 6 rings (SSSR count). The van der Waals surface area contributed by atoms with Gasteiger partial charge in [-0.3, -0.25) is 4.90 Å². The van der Waals surface area contributed by atoms with Crippen molar-refractivity contribution in [3.63, 3.8) is 0 Å². The molecule has 4 saturated carbocycles. The monoisotopic (exact) mass is 358 g/mol. The molecular formula is C21H32N3O2+. The van der Waals surface area contributed by atoms with E-state index in [-0.39, 0.29) is 5.60 Å². The van der Waals surface area contributed by atoms with Gasteiger partial charge in [0.1, 0.15) is 0 Å². The quantitative estimate of drug-likeness (QED) is 0.862. The number of hydrogen-bond donors (Lipinski definition) is 2. The number of aliphatic hydroxyl groups is 1. The van der Waals surface area contributed by atoms with Crippen LogP contribution in [0.2, 0.25) is 0 Å². The molecule has 26 heavy (non-hydrogen) atoms. The molecule has 1 aromatic rings. The number of methoxy groups -OCH3 is 1. The van der Waals surface area contributed by atoms with Crippen LogP contribution in [0.5, 0.6) is 5.75 Å². The molecule has 2 unspecified atom stereocenters. The lowest BCUT2D eigenvalue weighted by Gasteiger charge is -2.61. The van der Waals surface area contributed by atoms with E-state index < -0.39 is 0 Å². The van der Waals surface area contributed by atoms with Crippen LogP contribution in [0.3, 0.4) is 0 Å². The van der Waals surface area contributed by atoms with Gasteiger partial charge >= 0.3 is 0 Å². The Morgan fingerprint density at radius 1 is 1.08 bits per heavy atom. The molecule has 5 heteroatoms. The lowest BCUT2D eigenvalue weighted by molar-refractivity contribution is -0.256. The first-order valence-electron chi connectivity index (χ1n) is 10.3. The van der Waals surface area contributed by atoms with E-state index in [1.165, 1.54) is 18.5 Å². The van der Waals surface area contributed by atoms with Crippen molar-refractivity contribution in [2.75, 3.05) is 38.2 Å². The Labute approximate surface area is 156 Å². The summed E-state index contributed by atoms with van der Waals surface area (Å²) in [7, 11) is 1.71. The van der Waals surface area contributed by atoms with Crippen LogP contribution in [0.1, 0.15) is 32.1 Å². The molecule has 1 saturated heterocycles. The Balaban J connectivity index is 1.27.